The van der Waals surface area contributed by atoms with Crippen LogP contribution in [0.15, 0.2) is 42.5 Å². The third-order valence-electron chi connectivity index (χ3n) is 2.10. The topological polar surface area (TPSA) is 83.8 Å². The second kappa shape index (κ2) is 6.24. The zero-order valence-electron chi connectivity index (χ0n) is 9.66. The fourth-order valence-electron chi connectivity index (χ4n) is 1.16. The smallest absolute Gasteiger partial charge is 0.376 e. The summed E-state index contributed by atoms with van der Waals surface area (Å²) in [5.41, 5.74) is 0.531. The van der Waals surface area contributed by atoms with Crippen LogP contribution in [-0.2, 0) is 9.59 Å². The van der Waals surface area contributed by atoms with Crippen molar-refractivity contribution in [3.05, 3.63) is 48.1 Å². The largest absolute Gasteiger partial charge is 0.507 e. The summed E-state index contributed by atoms with van der Waals surface area (Å²) in [6.45, 7) is 0. The summed E-state index contributed by atoms with van der Waals surface area (Å²) in [5.74, 6) is -2.01. The van der Waals surface area contributed by atoms with Crippen LogP contribution < -0.4 is 4.74 Å². The summed E-state index contributed by atoms with van der Waals surface area (Å²) in [6, 6.07) is 6.62. The highest BCUT2D eigenvalue weighted by atomic mass is 16.5. The Balaban J connectivity index is 2.76. The molecule has 0 unspecified atom stereocenters. The molecule has 0 saturated heterocycles. The van der Waals surface area contributed by atoms with Gasteiger partial charge < -0.3 is 14.9 Å². The number of aliphatic hydroxyl groups is 1. The number of carbonyl (C=O) groups excluding carboxylic acids is 1. The quantitative estimate of drug-likeness (QED) is 0.359. The SMILES string of the molecule is COc1ccc(/C(O)=C/C=C/C(=O)C(=O)O)cc1. The number of ether oxygens (including phenoxy) is 1. The molecule has 18 heavy (non-hydrogen) atoms. The van der Waals surface area contributed by atoms with Crippen LogP contribution >= 0.6 is 0 Å². The van der Waals surface area contributed by atoms with E-state index in [1.165, 1.54) is 19.3 Å². The minimum Gasteiger partial charge on any atom is -0.507 e. The van der Waals surface area contributed by atoms with Gasteiger partial charge in [-0.1, -0.05) is 6.08 Å². The van der Waals surface area contributed by atoms with Gasteiger partial charge in [0.25, 0.3) is 5.78 Å². The van der Waals surface area contributed by atoms with Crippen molar-refractivity contribution in [1.29, 1.82) is 0 Å². The molecule has 0 saturated carbocycles. The number of rotatable bonds is 5. The summed E-state index contributed by atoms with van der Waals surface area (Å²) < 4.78 is 4.96. The first-order valence-electron chi connectivity index (χ1n) is 5.03. The average Bonchev–Trinajstić information content (AvgIpc) is 2.38. The lowest BCUT2D eigenvalue weighted by Crippen LogP contribution is -2.08. The summed E-state index contributed by atoms with van der Waals surface area (Å²) >= 11 is 0. The minimum atomic E-state index is -1.54. The van der Waals surface area contributed by atoms with Crippen molar-refractivity contribution in [3.8, 4) is 5.75 Å². The molecule has 0 radical (unpaired) electrons. The molecule has 0 fully saturated rings. The first-order chi connectivity index (χ1) is 8.54. The number of aliphatic hydroxyl groups excluding tert-OH is 1. The van der Waals surface area contributed by atoms with Gasteiger partial charge in [0.15, 0.2) is 0 Å². The number of carboxylic acids is 1. The van der Waals surface area contributed by atoms with Crippen LogP contribution in [0.1, 0.15) is 5.56 Å². The fraction of sp³-hybridized carbons (Fsp3) is 0.0769. The third kappa shape index (κ3) is 3.79. The Labute approximate surface area is 104 Å². The second-order valence-corrected chi connectivity index (χ2v) is 3.31. The van der Waals surface area contributed by atoms with E-state index in [9.17, 15) is 14.7 Å². The first-order valence-corrected chi connectivity index (χ1v) is 5.03. The molecule has 0 amide bonds. The molecular weight excluding hydrogens is 236 g/mol. The van der Waals surface area contributed by atoms with Gasteiger partial charge in [-0.25, -0.2) is 4.79 Å². The number of hydrogen-bond acceptors (Lipinski definition) is 4. The normalized spacial score (nSPS) is 11.5. The van der Waals surface area contributed by atoms with E-state index in [4.69, 9.17) is 9.84 Å². The van der Waals surface area contributed by atoms with E-state index in [0.717, 1.165) is 6.08 Å². The Morgan fingerprint density at radius 1 is 1.17 bits per heavy atom. The minimum absolute atomic E-state index is 0.0768. The second-order valence-electron chi connectivity index (χ2n) is 3.31. The van der Waals surface area contributed by atoms with Gasteiger partial charge in [0.1, 0.15) is 11.5 Å². The molecule has 0 heterocycles. The van der Waals surface area contributed by atoms with Gasteiger partial charge in [-0.15, -0.1) is 0 Å². The number of ketones is 1. The van der Waals surface area contributed by atoms with Crippen LogP contribution in [0.25, 0.3) is 5.76 Å². The first kappa shape index (κ1) is 13.5. The number of carboxylic acid groups (broad SMARTS) is 1. The van der Waals surface area contributed by atoms with Crippen molar-refractivity contribution in [2.45, 2.75) is 0 Å². The van der Waals surface area contributed by atoms with Crippen LogP contribution in [0.2, 0.25) is 0 Å². The monoisotopic (exact) mass is 248 g/mol. The Bertz CT molecular complexity index is 497. The van der Waals surface area contributed by atoms with Crippen molar-refractivity contribution in [2.75, 3.05) is 7.11 Å². The molecule has 0 spiro atoms. The van der Waals surface area contributed by atoms with Crippen LogP contribution in [0.4, 0.5) is 0 Å². The molecule has 1 aromatic rings. The Hall–Kier alpha value is -2.56. The lowest BCUT2D eigenvalue weighted by Gasteiger charge is -2.01. The molecule has 2 N–H and O–H groups in total. The molecule has 94 valence electrons. The number of hydrogen-bond donors (Lipinski definition) is 2. The highest BCUT2D eigenvalue weighted by molar-refractivity contribution is 6.37. The van der Waals surface area contributed by atoms with E-state index in [1.54, 1.807) is 24.3 Å². The van der Waals surface area contributed by atoms with Crippen molar-refractivity contribution in [2.24, 2.45) is 0 Å². The van der Waals surface area contributed by atoms with Crippen molar-refractivity contribution < 1.29 is 24.5 Å². The van der Waals surface area contributed by atoms with Gasteiger partial charge in [-0.3, -0.25) is 4.79 Å². The molecule has 0 aliphatic rings. The zero-order chi connectivity index (χ0) is 13.5. The summed E-state index contributed by atoms with van der Waals surface area (Å²) in [4.78, 5) is 20.9. The lowest BCUT2D eigenvalue weighted by atomic mass is 10.1. The Morgan fingerprint density at radius 2 is 1.78 bits per heavy atom. The maximum atomic E-state index is 10.7. The lowest BCUT2D eigenvalue weighted by molar-refractivity contribution is -0.146. The predicted octanol–water partition coefficient (Wildman–Crippen LogP) is 1.80. The van der Waals surface area contributed by atoms with E-state index in [0.29, 0.717) is 11.3 Å². The highest BCUT2D eigenvalue weighted by Gasteiger charge is 2.05. The van der Waals surface area contributed by atoms with E-state index in [1.807, 2.05) is 0 Å². The maximum Gasteiger partial charge on any atom is 0.376 e. The fourth-order valence-corrected chi connectivity index (χ4v) is 1.16. The van der Waals surface area contributed by atoms with E-state index in [-0.39, 0.29) is 5.76 Å². The van der Waals surface area contributed by atoms with Gasteiger partial charge >= 0.3 is 5.97 Å². The van der Waals surface area contributed by atoms with Crippen LogP contribution in [0.5, 0.6) is 5.75 Å². The molecule has 0 bridgehead atoms. The number of allylic oxidation sites excluding steroid dienone is 2. The van der Waals surface area contributed by atoms with E-state index < -0.39 is 11.8 Å². The van der Waals surface area contributed by atoms with E-state index in [2.05, 4.69) is 0 Å². The van der Waals surface area contributed by atoms with Gasteiger partial charge in [0.05, 0.1) is 7.11 Å². The van der Waals surface area contributed by atoms with Crippen molar-refractivity contribution in [1.82, 2.24) is 0 Å². The Morgan fingerprint density at radius 3 is 2.28 bits per heavy atom. The molecule has 0 aromatic heterocycles. The van der Waals surface area contributed by atoms with Gasteiger partial charge in [-0.05, 0) is 36.4 Å². The summed E-state index contributed by atoms with van der Waals surface area (Å²) in [5, 5.41) is 18.0. The maximum absolute atomic E-state index is 10.7. The molecule has 1 aromatic carbocycles. The standard InChI is InChI=1S/C13H12O5/c1-18-10-7-5-9(6-8-10)11(14)3-2-4-12(15)13(16)17/h2-8,14H,1H3,(H,16,17)/b4-2+,11-3-. The van der Waals surface area contributed by atoms with Gasteiger partial charge in [0, 0.05) is 5.56 Å². The third-order valence-corrected chi connectivity index (χ3v) is 2.10. The molecular formula is C13H12O5. The molecule has 0 atom stereocenters. The summed E-state index contributed by atoms with van der Waals surface area (Å²) in [7, 11) is 1.53. The number of carbonyl (C=O) groups is 2. The summed E-state index contributed by atoms with van der Waals surface area (Å²) in [6.07, 6.45) is 3.28. The van der Waals surface area contributed by atoms with Crippen LogP contribution in [0, 0.1) is 0 Å². The average molecular weight is 248 g/mol. The number of methoxy groups -OCH3 is 1. The van der Waals surface area contributed by atoms with Crippen LogP contribution in [-0.4, -0.2) is 29.1 Å². The van der Waals surface area contributed by atoms with E-state index >= 15 is 0 Å². The van der Waals surface area contributed by atoms with Crippen molar-refractivity contribution in [3.63, 3.8) is 0 Å². The van der Waals surface area contributed by atoms with Gasteiger partial charge in [-0.2, -0.15) is 0 Å². The Kier molecular flexibility index (Phi) is 4.68. The number of benzene rings is 1. The molecule has 1 rings (SSSR count). The highest BCUT2D eigenvalue weighted by Crippen LogP contribution is 2.16. The molecule has 5 nitrogen and oxygen atoms in total. The zero-order valence-corrected chi connectivity index (χ0v) is 9.66. The molecule has 0 aliphatic heterocycles. The molecule has 0 aliphatic carbocycles. The van der Waals surface area contributed by atoms with Gasteiger partial charge in [0.2, 0.25) is 0 Å². The van der Waals surface area contributed by atoms with Crippen molar-refractivity contribution >= 4 is 17.5 Å². The number of aliphatic carboxylic acids is 1. The molecule has 5 heteroatoms. The predicted molar refractivity (Wildman–Crippen MR) is 65.4 cm³/mol. The van der Waals surface area contributed by atoms with Crippen LogP contribution in [0.3, 0.4) is 0 Å².